The van der Waals surface area contributed by atoms with Gasteiger partial charge in [0.25, 0.3) is 0 Å². The van der Waals surface area contributed by atoms with Gasteiger partial charge in [-0.1, -0.05) is 15.9 Å². The van der Waals surface area contributed by atoms with Crippen molar-refractivity contribution in [3.05, 3.63) is 46.0 Å². The van der Waals surface area contributed by atoms with Crippen LogP contribution in [0.15, 0.2) is 29.0 Å². The van der Waals surface area contributed by atoms with E-state index in [1.807, 2.05) is 26.0 Å². The first-order chi connectivity index (χ1) is 8.99. The largest absolute Gasteiger partial charge is 0.486 e. The van der Waals surface area contributed by atoms with Crippen LogP contribution in [-0.2, 0) is 6.61 Å². The van der Waals surface area contributed by atoms with Crippen molar-refractivity contribution in [2.24, 2.45) is 0 Å². The molecule has 0 amide bonds. The fourth-order valence-electron chi connectivity index (χ4n) is 1.77. The molecule has 0 aliphatic heterocycles. The zero-order chi connectivity index (χ0) is 14.0. The van der Waals surface area contributed by atoms with Gasteiger partial charge in [0.05, 0.1) is 0 Å². The average molecular weight is 331 g/mol. The van der Waals surface area contributed by atoms with Crippen LogP contribution in [0.3, 0.4) is 0 Å². The van der Waals surface area contributed by atoms with E-state index in [1.165, 1.54) is 12.4 Å². The molecule has 3 nitrogen and oxygen atoms in total. The fraction of sp³-hybridized carbons (Fsp3) is 0.308. The Balaban J connectivity index is 2.13. The minimum absolute atomic E-state index is 0.0118. The smallest absolute Gasteiger partial charge is 0.320 e. The molecule has 1 aromatic carbocycles. The standard InChI is InChI=1S/C13H13BrF2N2O/c1-8-5-10(6-9(2)12(8)14)19-7-11-17-3-4-18(11)13(15)16/h3-6,13H,7H2,1-2H3. The molecule has 0 radical (unpaired) electrons. The molecule has 0 N–H and O–H groups in total. The molecule has 0 aliphatic carbocycles. The third kappa shape index (κ3) is 3.12. The van der Waals surface area contributed by atoms with E-state index in [1.54, 1.807) is 0 Å². The van der Waals surface area contributed by atoms with Gasteiger partial charge in [-0.05, 0) is 37.1 Å². The monoisotopic (exact) mass is 330 g/mol. The number of benzene rings is 1. The first kappa shape index (κ1) is 14.0. The third-order valence-corrected chi connectivity index (χ3v) is 3.99. The van der Waals surface area contributed by atoms with Crippen molar-refractivity contribution >= 4 is 15.9 Å². The molecule has 6 heteroatoms. The van der Waals surface area contributed by atoms with E-state index < -0.39 is 6.55 Å². The van der Waals surface area contributed by atoms with Crippen LogP contribution in [0.1, 0.15) is 23.5 Å². The van der Waals surface area contributed by atoms with E-state index in [0.717, 1.165) is 20.2 Å². The van der Waals surface area contributed by atoms with Crippen molar-refractivity contribution in [2.75, 3.05) is 0 Å². The van der Waals surface area contributed by atoms with Gasteiger partial charge in [0.2, 0.25) is 0 Å². The van der Waals surface area contributed by atoms with Gasteiger partial charge in [-0.15, -0.1) is 0 Å². The molecule has 1 heterocycles. The highest BCUT2D eigenvalue weighted by atomic mass is 79.9. The van der Waals surface area contributed by atoms with Crippen molar-refractivity contribution < 1.29 is 13.5 Å². The van der Waals surface area contributed by atoms with Crippen molar-refractivity contribution in [2.45, 2.75) is 27.0 Å². The van der Waals surface area contributed by atoms with Crippen LogP contribution in [0.4, 0.5) is 8.78 Å². The normalized spacial score (nSPS) is 11.1. The number of rotatable bonds is 4. The van der Waals surface area contributed by atoms with E-state index in [-0.39, 0.29) is 12.4 Å². The molecular weight excluding hydrogens is 318 g/mol. The number of hydrogen-bond donors (Lipinski definition) is 0. The second kappa shape index (κ2) is 5.69. The number of aromatic nitrogens is 2. The Morgan fingerprint density at radius 2 is 1.95 bits per heavy atom. The molecule has 0 saturated carbocycles. The highest BCUT2D eigenvalue weighted by Gasteiger charge is 2.12. The molecular formula is C13H13BrF2N2O. The van der Waals surface area contributed by atoms with Crippen molar-refractivity contribution in [1.82, 2.24) is 9.55 Å². The molecule has 2 rings (SSSR count). The second-order valence-corrected chi connectivity index (χ2v) is 4.98. The van der Waals surface area contributed by atoms with Gasteiger partial charge < -0.3 is 4.74 Å². The Morgan fingerprint density at radius 1 is 1.32 bits per heavy atom. The summed E-state index contributed by atoms with van der Waals surface area (Å²) in [5.41, 5.74) is 2.07. The van der Waals surface area contributed by atoms with Crippen LogP contribution in [0.2, 0.25) is 0 Å². The SMILES string of the molecule is Cc1cc(OCc2nccn2C(F)F)cc(C)c1Br. The first-order valence-electron chi connectivity index (χ1n) is 5.68. The molecule has 0 unspecified atom stereocenters. The molecule has 0 fully saturated rings. The number of hydrogen-bond acceptors (Lipinski definition) is 2. The maximum atomic E-state index is 12.6. The Kier molecular flexibility index (Phi) is 4.19. The molecule has 19 heavy (non-hydrogen) atoms. The number of nitrogens with zero attached hydrogens (tertiary/aromatic N) is 2. The van der Waals surface area contributed by atoms with Gasteiger partial charge >= 0.3 is 6.55 Å². The lowest BCUT2D eigenvalue weighted by molar-refractivity contribution is 0.0632. The van der Waals surface area contributed by atoms with Crippen LogP contribution in [0.25, 0.3) is 0 Å². The van der Waals surface area contributed by atoms with E-state index in [0.29, 0.717) is 5.75 Å². The number of imidazole rings is 1. The van der Waals surface area contributed by atoms with Crippen LogP contribution in [0.5, 0.6) is 5.75 Å². The number of aryl methyl sites for hydroxylation is 2. The van der Waals surface area contributed by atoms with Crippen LogP contribution < -0.4 is 4.74 Å². The average Bonchev–Trinajstić information content (AvgIpc) is 2.81. The predicted molar refractivity (Wildman–Crippen MR) is 71.4 cm³/mol. The quantitative estimate of drug-likeness (QED) is 0.838. The summed E-state index contributed by atoms with van der Waals surface area (Å²) < 4.78 is 32.6. The summed E-state index contributed by atoms with van der Waals surface area (Å²) in [4.78, 5) is 3.86. The maximum absolute atomic E-state index is 12.6. The number of halogens is 3. The molecule has 2 aromatic rings. The van der Waals surface area contributed by atoms with Gasteiger partial charge in [0.15, 0.2) is 5.82 Å². The maximum Gasteiger partial charge on any atom is 0.320 e. The van der Waals surface area contributed by atoms with E-state index in [4.69, 9.17) is 4.74 Å². The van der Waals surface area contributed by atoms with Crippen molar-refractivity contribution in [3.63, 3.8) is 0 Å². The Bertz CT molecular complexity index is 561. The summed E-state index contributed by atoms with van der Waals surface area (Å²) >= 11 is 3.46. The first-order valence-corrected chi connectivity index (χ1v) is 6.47. The Labute approximate surface area is 118 Å². The summed E-state index contributed by atoms with van der Waals surface area (Å²) in [7, 11) is 0. The van der Waals surface area contributed by atoms with Crippen LogP contribution in [-0.4, -0.2) is 9.55 Å². The fourth-order valence-corrected chi connectivity index (χ4v) is 2.00. The molecule has 102 valence electrons. The summed E-state index contributed by atoms with van der Waals surface area (Å²) in [5, 5.41) is 0. The van der Waals surface area contributed by atoms with Gasteiger partial charge in [-0.25, -0.2) is 4.98 Å². The molecule has 0 atom stereocenters. The Morgan fingerprint density at radius 3 is 2.53 bits per heavy atom. The molecule has 0 bridgehead atoms. The van der Waals surface area contributed by atoms with E-state index in [9.17, 15) is 8.78 Å². The summed E-state index contributed by atoms with van der Waals surface area (Å²) in [5.74, 6) is 0.843. The minimum Gasteiger partial charge on any atom is -0.486 e. The van der Waals surface area contributed by atoms with E-state index >= 15 is 0 Å². The van der Waals surface area contributed by atoms with E-state index in [2.05, 4.69) is 20.9 Å². The molecule has 1 aromatic heterocycles. The van der Waals surface area contributed by atoms with Gasteiger partial charge in [-0.2, -0.15) is 8.78 Å². The minimum atomic E-state index is -2.60. The molecule has 0 aliphatic rings. The summed E-state index contributed by atoms with van der Waals surface area (Å²) in [6.45, 7) is 1.31. The van der Waals surface area contributed by atoms with Crippen molar-refractivity contribution in [1.29, 1.82) is 0 Å². The second-order valence-electron chi connectivity index (χ2n) is 4.19. The lowest BCUT2D eigenvalue weighted by Crippen LogP contribution is -2.07. The van der Waals surface area contributed by atoms with Crippen LogP contribution in [0, 0.1) is 13.8 Å². The van der Waals surface area contributed by atoms with Gasteiger partial charge in [0, 0.05) is 16.9 Å². The van der Waals surface area contributed by atoms with Gasteiger partial charge in [-0.3, -0.25) is 4.57 Å². The summed E-state index contributed by atoms with van der Waals surface area (Å²) in [6.07, 6.45) is 2.57. The highest BCUT2D eigenvalue weighted by molar-refractivity contribution is 9.10. The Hall–Kier alpha value is -1.43. The zero-order valence-electron chi connectivity index (χ0n) is 10.5. The predicted octanol–water partition coefficient (Wildman–Crippen LogP) is 4.24. The lowest BCUT2D eigenvalue weighted by Gasteiger charge is -2.11. The number of alkyl halides is 2. The van der Waals surface area contributed by atoms with Crippen molar-refractivity contribution in [3.8, 4) is 5.75 Å². The van der Waals surface area contributed by atoms with Gasteiger partial charge in [0.1, 0.15) is 12.4 Å². The molecule has 0 saturated heterocycles. The lowest BCUT2D eigenvalue weighted by atomic mass is 10.1. The third-order valence-electron chi connectivity index (χ3n) is 2.74. The highest BCUT2D eigenvalue weighted by Crippen LogP contribution is 2.26. The summed E-state index contributed by atoms with van der Waals surface area (Å²) in [6, 6.07) is 3.71. The van der Waals surface area contributed by atoms with Crippen LogP contribution >= 0.6 is 15.9 Å². The molecule has 0 spiro atoms. The zero-order valence-corrected chi connectivity index (χ0v) is 12.1. The topological polar surface area (TPSA) is 27.1 Å². The number of ether oxygens (including phenoxy) is 1.